The number of Topliss-reactive ketones (excluding diaryl/α,β-unsaturated/α-hetero) is 2. The Morgan fingerprint density at radius 2 is 1.82 bits per heavy atom. The summed E-state index contributed by atoms with van der Waals surface area (Å²) in [5.41, 5.74) is 2.26. The lowest BCUT2D eigenvalue weighted by Crippen LogP contribution is -1.99. The summed E-state index contributed by atoms with van der Waals surface area (Å²) in [4.78, 5) is 27.8. The number of aliphatic hydroxyl groups is 1. The molecule has 2 aromatic carbocycles. The van der Waals surface area contributed by atoms with Gasteiger partial charge in [-0.1, -0.05) is 36.4 Å². The Kier molecular flexibility index (Phi) is 3.43. The molecule has 0 aliphatic heterocycles. The molecular formula is C18H13NO3. The van der Waals surface area contributed by atoms with Crippen molar-refractivity contribution in [3.05, 3.63) is 70.8 Å². The van der Waals surface area contributed by atoms with E-state index in [9.17, 15) is 14.7 Å². The quantitative estimate of drug-likeness (QED) is 0.691. The fourth-order valence-corrected chi connectivity index (χ4v) is 2.35. The minimum Gasteiger partial charge on any atom is -0.506 e. The molecule has 22 heavy (non-hydrogen) atoms. The molecule has 4 heteroatoms. The van der Waals surface area contributed by atoms with Crippen LogP contribution in [0.2, 0.25) is 0 Å². The number of aliphatic imine (C=N–C) groups is 1. The second kappa shape index (κ2) is 5.41. The van der Waals surface area contributed by atoms with Crippen LogP contribution in [0.15, 0.2) is 59.1 Å². The van der Waals surface area contributed by atoms with E-state index in [4.69, 9.17) is 0 Å². The number of rotatable bonds is 3. The largest absolute Gasteiger partial charge is 0.506 e. The molecule has 0 radical (unpaired) electrons. The molecule has 0 heterocycles. The van der Waals surface area contributed by atoms with Crippen LogP contribution in [0.1, 0.15) is 33.2 Å². The zero-order valence-electron chi connectivity index (χ0n) is 11.9. The van der Waals surface area contributed by atoms with Gasteiger partial charge in [0, 0.05) is 22.9 Å². The van der Waals surface area contributed by atoms with Crippen LogP contribution in [0.3, 0.4) is 0 Å². The number of fused-ring (bicyclic) bond motifs is 1. The number of ketones is 2. The third-order valence-electron chi connectivity index (χ3n) is 3.52. The summed E-state index contributed by atoms with van der Waals surface area (Å²) in [6.07, 6.45) is 1.34. The standard InChI is InChI=1S/C18H13NO3/c1-11(20)12-5-4-6-13(9-12)19-10-16-17(21)14-7-2-3-8-15(14)18(16)22/h2-10,21H,1H3. The summed E-state index contributed by atoms with van der Waals surface area (Å²) >= 11 is 0. The normalized spacial score (nSPS) is 13.8. The third kappa shape index (κ3) is 2.35. The van der Waals surface area contributed by atoms with Crippen LogP contribution in [0.25, 0.3) is 5.76 Å². The Morgan fingerprint density at radius 3 is 2.50 bits per heavy atom. The third-order valence-corrected chi connectivity index (χ3v) is 3.52. The molecule has 1 aliphatic carbocycles. The molecule has 0 unspecified atom stereocenters. The van der Waals surface area contributed by atoms with Gasteiger partial charge in [0.05, 0.1) is 11.3 Å². The van der Waals surface area contributed by atoms with Gasteiger partial charge in [0.2, 0.25) is 0 Å². The molecule has 0 amide bonds. The van der Waals surface area contributed by atoms with Gasteiger partial charge < -0.3 is 5.11 Å². The SMILES string of the molecule is CC(=O)c1cccc(N=CC2=C(O)c3ccccc3C2=O)c1. The maximum absolute atomic E-state index is 12.2. The molecule has 0 atom stereocenters. The first-order valence-corrected chi connectivity index (χ1v) is 6.80. The maximum Gasteiger partial charge on any atom is 0.199 e. The van der Waals surface area contributed by atoms with Crippen LogP contribution >= 0.6 is 0 Å². The highest BCUT2D eigenvalue weighted by Crippen LogP contribution is 2.30. The summed E-state index contributed by atoms with van der Waals surface area (Å²) in [5, 5.41) is 10.1. The van der Waals surface area contributed by atoms with Crippen molar-refractivity contribution in [1.29, 1.82) is 0 Å². The van der Waals surface area contributed by atoms with Crippen molar-refractivity contribution in [2.24, 2.45) is 4.99 Å². The smallest absolute Gasteiger partial charge is 0.199 e. The molecular weight excluding hydrogens is 278 g/mol. The topological polar surface area (TPSA) is 66.7 Å². The second-order valence-electron chi connectivity index (χ2n) is 5.00. The molecule has 2 aromatic rings. The molecule has 0 bridgehead atoms. The molecule has 1 aliphatic rings. The Bertz CT molecular complexity index is 847. The van der Waals surface area contributed by atoms with Crippen molar-refractivity contribution >= 4 is 29.2 Å². The predicted molar refractivity (Wildman–Crippen MR) is 84.9 cm³/mol. The van der Waals surface area contributed by atoms with E-state index in [0.717, 1.165) is 0 Å². The summed E-state index contributed by atoms with van der Waals surface area (Å²) in [7, 11) is 0. The maximum atomic E-state index is 12.2. The molecule has 1 N–H and O–H groups in total. The van der Waals surface area contributed by atoms with Crippen molar-refractivity contribution in [1.82, 2.24) is 0 Å². The number of allylic oxidation sites excluding steroid dienone is 1. The average molecular weight is 291 g/mol. The zero-order valence-corrected chi connectivity index (χ0v) is 11.9. The molecule has 0 fully saturated rings. The first-order valence-electron chi connectivity index (χ1n) is 6.80. The highest BCUT2D eigenvalue weighted by atomic mass is 16.3. The van der Waals surface area contributed by atoms with E-state index in [2.05, 4.69) is 4.99 Å². The van der Waals surface area contributed by atoms with Crippen LogP contribution < -0.4 is 0 Å². The van der Waals surface area contributed by atoms with Crippen LogP contribution in [0.4, 0.5) is 5.69 Å². The predicted octanol–water partition coefficient (Wildman–Crippen LogP) is 3.76. The Labute approximate surface area is 127 Å². The number of nitrogens with zero attached hydrogens (tertiary/aromatic N) is 1. The molecule has 108 valence electrons. The van der Waals surface area contributed by atoms with Crippen LogP contribution in [0.5, 0.6) is 0 Å². The Balaban J connectivity index is 1.94. The minimum atomic E-state index is -0.250. The molecule has 0 saturated heterocycles. The summed E-state index contributed by atoms with van der Waals surface area (Å²) < 4.78 is 0. The lowest BCUT2D eigenvalue weighted by Gasteiger charge is -1.98. The number of aliphatic hydroxyl groups excluding tert-OH is 1. The lowest BCUT2D eigenvalue weighted by molar-refractivity contribution is 0.101. The molecule has 0 aromatic heterocycles. The van der Waals surface area contributed by atoms with Gasteiger partial charge >= 0.3 is 0 Å². The van der Waals surface area contributed by atoms with Crippen molar-refractivity contribution in [2.45, 2.75) is 6.92 Å². The number of carbonyl (C=O) groups is 2. The van der Waals surface area contributed by atoms with E-state index in [1.165, 1.54) is 13.1 Å². The van der Waals surface area contributed by atoms with Crippen LogP contribution in [-0.2, 0) is 0 Å². The van der Waals surface area contributed by atoms with E-state index in [1.807, 2.05) is 0 Å². The van der Waals surface area contributed by atoms with E-state index >= 15 is 0 Å². The number of hydrogen-bond acceptors (Lipinski definition) is 4. The highest BCUT2D eigenvalue weighted by Gasteiger charge is 2.27. The van der Waals surface area contributed by atoms with E-state index in [1.54, 1.807) is 48.5 Å². The first-order chi connectivity index (χ1) is 10.6. The van der Waals surface area contributed by atoms with E-state index in [-0.39, 0.29) is 22.9 Å². The fourth-order valence-electron chi connectivity index (χ4n) is 2.35. The van der Waals surface area contributed by atoms with Crippen molar-refractivity contribution in [3.8, 4) is 0 Å². The van der Waals surface area contributed by atoms with E-state index in [0.29, 0.717) is 22.4 Å². The van der Waals surface area contributed by atoms with Gasteiger partial charge in [-0.2, -0.15) is 0 Å². The Morgan fingerprint density at radius 1 is 1.09 bits per heavy atom. The minimum absolute atomic E-state index is 0.0524. The molecule has 3 rings (SSSR count). The number of carbonyl (C=O) groups excluding carboxylic acids is 2. The molecule has 4 nitrogen and oxygen atoms in total. The van der Waals surface area contributed by atoms with Gasteiger partial charge in [-0.05, 0) is 19.1 Å². The van der Waals surface area contributed by atoms with Crippen LogP contribution in [0, 0.1) is 0 Å². The summed E-state index contributed by atoms with van der Waals surface area (Å²) in [6.45, 7) is 1.48. The zero-order chi connectivity index (χ0) is 15.7. The Hall–Kier alpha value is -3.01. The molecule has 0 spiro atoms. The van der Waals surface area contributed by atoms with Gasteiger partial charge in [-0.3, -0.25) is 14.6 Å². The van der Waals surface area contributed by atoms with Crippen LogP contribution in [-0.4, -0.2) is 22.9 Å². The lowest BCUT2D eigenvalue weighted by atomic mass is 10.1. The summed E-state index contributed by atoms with van der Waals surface area (Å²) in [5.74, 6) is -0.366. The fraction of sp³-hybridized carbons (Fsp3) is 0.0556. The summed E-state index contributed by atoms with van der Waals surface area (Å²) in [6, 6.07) is 13.7. The van der Waals surface area contributed by atoms with Gasteiger partial charge in [0.1, 0.15) is 5.76 Å². The van der Waals surface area contributed by atoms with Crippen molar-refractivity contribution < 1.29 is 14.7 Å². The van der Waals surface area contributed by atoms with Gasteiger partial charge in [-0.15, -0.1) is 0 Å². The van der Waals surface area contributed by atoms with E-state index < -0.39 is 0 Å². The first kappa shape index (κ1) is 13.9. The second-order valence-corrected chi connectivity index (χ2v) is 5.00. The van der Waals surface area contributed by atoms with Gasteiger partial charge in [0.15, 0.2) is 11.6 Å². The number of benzene rings is 2. The van der Waals surface area contributed by atoms with Crippen molar-refractivity contribution in [2.75, 3.05) is 0 Å². The van der Waals surface area contributed by atoms with Gasteiger partial charge in [0.25, 0.3) is 0 Å². The highest BCUT2D eigenvalue weighted by molar-refractivity contribution is 6.30. The monoisotopic (exact) mass is 291 g/mol. The average Bonchev–Trinajstić information content (AvgIpc) is 2.78. The van der Waals surface area contributed by atoms with Gasteiger partial charge in [-0.25, -0.2) is 0 Å². The molecule has 0 saturated carbocycles. The van der Waals surface area contributed by atoms with Crippen molar-refractivity contribution in [3.63, 3.8) is 0 Å². The number of hydrogen-bond donors (Lipinski definition) is 1.